The van der Waals surface area contributed by atoms with Crippen LogP contribution in [-0.2, 0) is 9.53 Å². The monoisotopic (exact) mass is 436 g/mol. The van der Waals surface area contributed by atoms with Crippen molar-refractivity contribution in [3.05, 3.63) is 23.8 Å². The third-order valence-electron chi connectivity index (χ3n) is 5.32. The summed E-state index contributed by atoms with van der Waals surface area (Å²) in [6.45, 7) is 2.34. The number of tetrazole rings is 1. The molecule has 2 amide bonds. The van der Waals surface area contributed by atoms with Crippen molar-refractivity contribution in [2.45, 2.75) is 31.9 Å². The molecule has 4 rings (SSSR count). The number of nitrogen functional groups attached to an aromatic ring is 1. The number of nitrogens with two attached hydrogens (primary N) is 1. The molecule has 1 atom stereocenters. The van der Waals surface area contributed by atoms with Gasteiger partial charge in [-0.05, 0) is 18.1 Å². The van der Waals surface area contributed by atoms with E-state index in [9.17, 15) is 18.4 Å². The maximum absolute atomic E-state index is 14.9. The van der Waals surface area contributed by atoms with Crippen LogP contribution in [0.3, 0.4) is 0 Å². The summed E-state index contributed by atoms with van der Waals surface area (Å²) in [5.41, 5.74) is 5.41. The molecular formula is C18H22F2N8O3. The highest BCUT2D eigenvalue weighted by Gasteiger charge is 2.34. The molecule has 0 aliphatic carbocycles. The molecule has 3 heterocycles. The fourth-order valence-corrected chi connectivity index (χ4v) is 3.82. The summed E-state index contributed by atoms with van der Waals surface area (Å²) in [7, 11) is 0. The third-order valence-corrected chi connectivity index (χ3v) is 5.32. The average Bonchev–Trinajstić information content (AvgIpc) is 3.32. The first-order valence-electron chi connectivity index (χ1n) is 9.83. The topological polar surface area (TPSA) is 132 Å². The highest BCUT2D eigenvalue weighted by atomic mass is 19.1. The van der Waals surface area contributed by atoms with E-state index >= 15 is 0 Å². The summed E-state index contributed by atoms with van der Waals surface area (Å²) in [4.78, 5) is 27.3. The second-order valence-electron chi connectivity index (χ2n) is 7.50. The van der Waals surface area contributed by atoms with Gasteiger partial charge in [-0.25, -0.2) is 13.6 Å². The van der Waals surface area contributed by atoms with Gasteiger partial charge in [0.1, 0.15) is 11.8 Å². The molecular weight excluding hydrogens is 414 g/mol. The fourth-order valence-electron chi connectivity index (χ4n) is 3.82. The van der Waals surface area contributed by atoms with Gasteiger partial charge in [0.25, 0.3) is 5.95 Å². The predicted octanol–water partition coefficient (Wildman–Crippen LogP) is 0.836. The van der Waals surface area contributed by atoms with E-state index in [2.05, 4.69) is 20.7 Å². The van der Waals surface area contributed by atoms with Crippen molar-refractivity contribution in [1.29, 1.82) is 0 Å². The lowest BCUT2D eigenvalue weighted by Gasteiger charge is -2.33. The van der Waals surface area contributed by atoms with E-state index in [0.717, 1.165) is 17.0 Å². The molecule has 2 aromatic rings. The zero-order chi connectivity index (χ0) is 22.1. The highest BCUT2D eigenvalue weighted by molar-refractivity contribution is 5.90. The molecule has 0 bridgehead atoms. The number of rotatable bonds is 5. The van der Waals surface area contributed by atoms with Gasteiger partial charge < -0.3 is 20.7 Å². The molecule has 2 fully saturated rings. The van der Waals surface area contributed by atoms with Crippen LogP contribution in [0.5, 0.6) is 0 Å². The minimum atomic E-state index is -0.769. The Morgan fingerprint density at radius 1 is 1.29 bits per heavy atom. The van der Waals surface area contributed by atoms with Gasteiger partial charge in [-0.3, -0.25) is 9.69 Å². The van der Waals surface area contributed by atoms with E-state index < -0.39 is 23.8 Å². The Morgan fingerprint density at radius 3 is 2.55 bits per heavy atom. The van der Waals surface area contributed by atoms with Crippen molar-refractivity contribution in [3.8, 4) is 0 Å². The predicted molar refractivity (Wildman–Crippen MR) is 105 cm³/mol. The van der Waals surface area contributed by atoms with Gasteiger partial charge >= 0.3 is 6.09 Å². The van der Waals surface area contributed by atoms with Crippen molar-refractivity contribution in [1.82, 2.24) is 25.5 Å². The molecule has 11 nitrogen and oxygen atoms in total. The number of piperidine rings is 1. The first-order chi connectivity index (χ1) is 14.8. The van der Waals surface area contributed by atoms with E-state index in [0.29, 0.717) is 25.9 Å². The van der Waals surface area contributed by atoms with Crippen LogP contribution in [0.15, 0.2) is 12.1 Å². The van der Waals surface area contributed by atoms with Crippen LogP contribution in [0.4, 0.5) is 30.9 Å². The van der Waals surface area contributed by atoms with Crippen molar-refractivity contribution in [2.75, 3.05) is 41.7 Å². The average molecular weight is 436 g/mol. The molecule has 0 saturated carbocycles. The van der Waals surface area contributed by atoms with Crippen molar-refractivity contribution >= 4 is 29.3 Å². The summed E-state index contributed by atoms with van der Waals surface area (Å²) < 4.78 is 34.9. The number of nitrogens with one attached hydrogen (secondary N) is 1. The lowest BCUT2D eigenvalue weighted by molar-refractivity contribution is -0.119. The first kappa shape index (κ1) is 20.8. The van der Waals surface area contributed by atoms with E-state index in [1.54, 1.807) is 4.90 Å². The summed E-state index contributed by atoms with van der Waals surface area (Å²) >= 11 is 0. The molecule has 0 unspecified atom stereocenters. The van der Waals surface area contributed by atoms with Gasteiger partial charge in [-0.1, -0.05) is 5.10 Å². The maximum Gasteiger partial charge on any atom is 0.414 e. The Kier molecular flexibility index (Phi) is 5.57. The molecule has 13 heteroatoms. The summed E-state index contributed by atoms with van der Waals surface area (Å²) in [5.74, 6) is -1.72. The number of nitrogens with zero attached hydrogens (tertiary/aromatic N) is 6. The smallest absolute Gasteiger partial charge is 0.414 e. The van der Waals surface area contributed by atoms with Gasteiger partial charge in [0.15, 0.2) is 11.6 Å². The highest BCUT2D eigenvalue weighted by Crippen LogP contribution is 2.33. The second kappa shape index (κ2) is 8.32. The van der Waals surface area contributed by atoms with E-state index in [1.807, 2.05) is 0 Å². The van der Waals surface area contributed by atoms with Gasteiger partial charge in [0.05, 0.1) is 24.8 Å². The minimum absolute atomic E-state index is 0.0497. The van der Waals surface area contributed by atoms with Crippen molar-refractivity contribution < 1.29 is 23.1 Å². The number of halogens is 2. The summed E-state index contributed by atoms with van der Waals surface area (Å²) in [6, 6.07) is 2.18. The number of hydrogen-bond acceptors (Lipinski definition) is 8. The van der Waals surface area contributed by atoms with E-state index in [4.69, 9.17) is 10.5 Å². The van der Waals surface area contributed by atoms with Gasteiger partial charge in [-0.15, -0.1) is 5.10 Å². The molecule has 2 aliphatic heterocycles. The molecule has 0 radical (unpaired) electrons. The van der Waals surface area contributed by atoms with Crippen LogP contribution in [0, 0.1) is 11.6 Å². The molecule has 31 heavy (non-hydrogen) atoms. The number of cyclic esters (lactones) is 1. The van der Waals surface area contributed by atoms with Crippen molar-refractivity contribution in [2.24, 2.45) is 0 Å². The Balaban J connectivity index is 1.44. The number of hydrogen-bond donors (Lipinski definition) is 2. The van der Waals surface area contributed by atoms with Gasteiger partial charge in [0, 0.05) is 32.1 Å². The zero-order valence-electron chi connectivity index (χ0n) is 16.8. The largest absolute Gasteiger partial charge is 0.442 e. The molecule has 2 saturated heterocycles. The fraction of sp³-hybridized carbons (Fsp3) is 0.500. The van der Waals surface area contributed by atoms with Gasteiger partial charge in [0.2, 0.25) is 5.91 Å². The van der Waals surface area contributed by atoms with Crippen LogP contribution in [-0.4, -0.2) is 64.5 Å². The van der Waals surface area contributed by atoms with Crippen LogP contribution < -0.4 is 20.9 Å². The minimum Gasteiger partial charge on any atom is -0.442 e. The zero-order valence-corrected chi connectivity index (χ0v) is 16.8. The molecule has 1 aromatic heterocycles. The summed E-state index contributed by atoms with van der Waals surface area (Å²) in [5, 5.41) is 14.1. The number of ether oxygens (including phenoxy) is 1. The maximum atomic E-state index is 14.9. The van der Waals surface area contributed by atoms with Crippen LogP contribution in [0.25, 0.3) is 0 Å². The number of amides is 2. The Hall–Kier alpha value is -3.51. The molecule has 0 spiro atoms. The third kappa shape index (κ3) is 4.34. The number of aromatic nitrogens is 4. The standard InChI is InChI=1S/C18H22F2N8O3/c1-10(29)22-8-13-9-27(18(30)31-13)12-6-14(19)16(15(20)7-12)26-4-2-11(3-5-26)28-24-17(21)23-25-28/h6-7,11,13H,2-5,8-9H2,1H3,(H2,21,24)(H,22,29)/t13-/m0/s1. The SMILES string of the molecule is CC(=O)NC[C@H]1CN(c2cc(F)c(N3CCC(n4nnc(N)n4)CC3)c(F)c2)C(=O)O1. The molecule has 1 aromatic carbocycles. The van der Waals surface area contributed by atoms with E-state index in [-0.39, 0.29) is 42.4 Å². The Bertz CT molecular complexity index is 969. The van der Waals surface area contributed by atoms with Crippen LogP contribution in [0.2, 0.25) is 0 Å². The molecule has 3 N–H and O–H groups in total. The molecule has 166 valence electrons. The second-order valence-corrected chi connectivity index (χ2v) is 7.50. The Morgan fingerprint density at radius 2 is 1.97 bits per heavy atom. The Labute approximate surface area is 176 Å². The number of benzene rings is 1. The summed E-state index contributed by atoms with van der Waals surface area (Å²) in [6.07, 6.45) is -0.178. The number of carbonyl (C=O) groups is 2. The first-order valence-corrected chi connectivity index (χ1v) is 9.83. The lowest BCUT2D eigenvalue weighted by Crippen LogP contribution is -2.36. The van der Waals surface area contributed by atoms with Crippen LogP contribution >= 0.6 is 0 Å². The normalized spacial score (nSPS) is 19.6. The van der Waals surface area contributed by atoms with E-state index in [1.165, 1.54) is 11.7 Å². The molecule has 2 aliphatic rings. The van der Waals surface area contributed by atoms with Crippen LogP contribution in [0.1, 0.15) is 25.8 Å². The number of anilines is 3. The van der Waals surface area contributed by atoms with Gasteiger partial charge in [-0.2, -0.15) is 4.80 Å². The van der Waals surface area contributed by atoms with Crippen molar-refractivity contribution in [3.63, 3.8) is 0 Å². The number of carbonyl (C=O) groups excluding carboxylic acids is 2. The lowest BCUT2D eigenvalue weighted by atomic mass is 10.0. The quantitative estimate of drug-likeness (QED) is 0.705.